The summed E-state index contributed by atoms with van der Waals surface area (Å²) in [4.78, 5) is 22.1. The maximum absolute atomic E-state index is 14.2. The molecule has 0 unspecified atom stereocenters. The van der Waals surface area contributed by atoms with Crippen LogP contribution in [0.3, 0.4) is 0 Å². The lowest BCUT2D eigenvalue weighted by molar-refractivity contribution is 0.0192. The fraction of sp³-hybridized carbons (Fsp3) is 0.583. The molecule has 2 fully saturated rings. The Kier molecular flexibility index (Phi) is 5.02. The van der Waals surface area contributed by atoms with Gasteiger partial charge in [0.1, 0.15) is 5.67 Å². The zero-order valence-electron chi connectivity index (χ0n) is 17.6. The topological polar surface area (TPSA) is 56.7 Å². The molecule has 1 saturated heterocycles. The van der Waals surface area contributed by atoms with E-state index < -0.39 is 11.8 Å². The van der Waals surface area contributed by atoms with Crippen molar-refractivity contribution in [3.05, 3.63) is 41.1 Å². The summed E-state index contributed by atoms with van der Waals surface area (Å²) in [6.45, 7) is 4.35. The highest BCUT2D eigenvalue weighted by molar-refractivity contribution is 6.04. The van der Waals surface area contributed by atoms with Crippen LogP contribution in [0.5, 0.6) is 0 Å². The first-order valence-electron chi connectivity index (χ1n) is 11.2. The number of rotatable bonds is 3. The minimum absolute atomic E-state index is 0.0136. The zero-order chi connectivity index (χ0) is 20.9. The van der Waals surface area contributed by atoms with Crippen molar-refractivity contribution in [2.24, 2.45) is 0 Å². The van der Waals surface area contributed by atoms with E-state index in [1.165, 1.54) is 0 Å². The third kappa shape index (κ3) is 3.50. The number of halogens is 1. The molecule has 5 rings (SSSR count). The molecular formula is C24H30FN3O2. The van der Waals surface area contributed by atoms with Gasteiger partial charge in [0.05, 0.1) is 17.7 Å². The van der Waals surface area contributed by atoms with Crippen LogP contribution in [0.2, 0.25) is 0 Å². The van der Waals surface area contributed by atoms with Crippen LogP contribution < -0.4 is 0 Å². The summed E-state index contributed by atoms with van der Waals surface area (Å²) in [5.74, 6) is 0.0136. The summed E-state index contributed by atoms with van der Waals surface area (Å²) in [5, 5.41) is 11.6. The van der Waals surface area contributed by atoms with E-state index in [-0.39, 0.29) is 11.9 Å². The molecule has 3 aliphatic rings. The van der Waals surface area contributed by atoms with E-state index in [1.807, 2.05) is 17.0 Å². The first-order chi connectivity index (χ1) is 14.4. The predicted octanol–water partition coefficient (Wildman–Crippen LogP) is 3.82. The molecule has 30 heavy (non-hydrogen) atoms. The van der Waals surface area contributed by atoms with Gasteiger partial charge in [0, 0.05) is 48.9 Å². The first kappa shape index (κ1) is 19.9. The number of carbonyl (C=O) groups excluding carboxylic acids is 1. The predicted molar refractivity (Wildman–Crippen MR) is 114 cm³/mol. The van der Waals surface area contributed by atoms with Crippen molar-refractivity contribution < 1.29 is 14.3 Å². The molecule has 1 amide bonds. The van der Waals surface area contributed by atoms with E-state index in [9.17, 15) is 14.3 Å². The molecule has 0 radical (unpaired) electrons. The van der Waals surface area contributed by atoms with Crippen molar-refractivity contribution in [2.45, 2.75) is 76.4 Å². The number of pyridine rings is 1. The highest BCUT2D eigenvalue weighted by atomic mass is 19.1. The van der Waals surface area contributed by atoms with Gasteiger partial charge in [-0.3, -0.25) is 14.7 Å². The van der Waals surface area contributed by atoms with Gasteiger partial charge in [-0.1, -0.05) is 18.9 Å². The molecule has 1 saturated carbocycles. The normalized spacial score (nSPS) is 26.9. The third-order valence-corrected chi connectivity index (χ3v) is 7.29. The number of aliphatic hydroxyl groups is 1. The van der Waals surface area contributed by atoms with Crippen LogP contribution in [0.25, 0.3) is 10.9 Å². The summed E-state index contributed by atoms with van der Waals surface area (Å²) in [7, 11) is 0. The van der Waals surface area contributed by atoms with Crippen molar-refractivity contribution in [3.63, 3.8) is 0 Å². The van der Waals surface area contributed by atoms with E-state index in [1.54, 1.807) is 13.1 Å². The summed E-state index contributed by atoms with van der Waals surface area (Å²) in [6, 6.07) is 5.93. The minimum Gasteiger partial charge on any atom is -0.391 e. The Morgan fingerprint density at radius 1 is 1.27 bits per heavy atom. The fourth-order valence-corrected chi connectivity index (χ4v) is 5.39. The maximum atomic E-state index is 14.2. The Morgan fingerprint density at radius 3 is 2.80 bits per heavy atom. The van der Waals surface area contributed by atoms with Gasteiger partial charge in [0.25, 0.3) is 5.91 Å². The highest BCUT2D eigenvalue weighted by Crippen LogP contribution is 2.36. The standard InChI is InChI=1S/C24H30FN3O2/c1-24(25)8-11-27(12-9-24)14-16-13-18-19(22-17(16)5-4-10-26-22)15-28(23(18)30)20-6-2-3-7-21(20)29/h4-5,10,13,20-21,29H,2-3,6-9,11-12,14-15H2,1H3/t20-,21-/m0/s1. The quantitative estimate of drug-likeness (QED) is 0.834. The highest BCUT2D eigenvalue weighted by Gasteiger charge is 2.39. The van der Waals surface area contributed by atoms with E-state index in [0.29, 0.717) is 25.9 Å². The van der Waals surface area contributed by atoms with E-state index >= 15 is 0 Å². The van der Waals surface area contributed by atoms with Gasteiger partial charge in [0.2, 0.25) is 0 Å². The third-order valence-electron chi connectivity index (χ3n) is 7.29. The van der Waals surface area contributed by atoms with Crippen LogP contribution in [-0.2, 0) is 13.1 Å². The van der Waals surface area contributed by atoms with Gasteiger partial charge in [-0.2, -0.15) is 0 Å². The molecule has 2 atom stereocenters. The zero-order valence-corrected chi connectivity index (χ0v) is 17.6. The van der Waals surface area contributed by atoms with E-state index in [4.69, 9.17) is 0 Å². The molecule has 6 heteroatoms. The smallest absolute Gasteiger partial charge is 0.254 e. The van der Waals surface area contributed by atoms with E-state index in [0.717, 1.165) is 66.4 Å². The molecule has 1 aromatic carbocycles. The number of carbonyl (C=O) groups is 1. The van der Waals surface area contributed by atoms with Gasteiger partial charge < -0.3 is 10.0 Å². The fourth-order valence-electron chi connectivity index (χ4n) is 5.39. The summed E-state index contributed by atoms with van der Waals surface area (Å²) >= 11 is 0. The second kappa shape index (κ2) is 7.57. The minimum atomic E-state index is -1.07. The van der Waals surface area contributed by atoms with E-state index in [2.05, 4.69) is 16.0 Å². The molecule has 0 bridgehead atoms. The molecule has 1 aromatic heterocycles. The number of aliphatic hydroxyl groups excluding tert-OH is 1. The van der Waals surface area contributed by atoms with Crippen molar-refractivity contribution in [2.75, 3.05) is 13.1 Å². The number of amides is 1. The van der Waals surface area contributed by atoms with Crippen LogP contribution in [0.15, 0.2) is 24.4 Å². The Bertz CT molecular complexity index is 966. The van der Waals surface area contributed by atoms with Crippen molar-refractivity contribution in [1.82, 2.24) is 14.8 Å². The summed E-state index contributed by atoms with van der Waals surface area (Å²) in [6.07, 6.45) is 6.11. The summed E-state index contributed by atoms with van der Waals surface area (Å²) < 4.78 is 14.2. The van der Waals surface area contributed by atoms with Crippen LogP contribution in [0, 0.1) is 0 Å². The van der Waals surface area contributed by atoms with Crippen LogP contribution in [0.1, 0.15) is 66.9 Å². The number of aromatic nitrogens is 1. The van der Waals surface area contributed by atoms with Crippen LogP contribution in [-0.4, -0.2) is 56.7 Å². The lowest BCUT2D eigenvalue weighted by atomic mass is 9.91. The Morgan fingerprint density at radius 2 is 2.03 bits per heavy atom. The van der Waals surface area contributed by atoms with Crippen LogP contribution >= 0.6 is 0 Å². The maximum Gasteiger partial charge on any atom is 0.254 e. The lowest BCUT2D eigenvalue weighted by Gasteiger charge is -2.35. The van der Waals surface area contributed by atoms with Crippen molar-refractivity contribution in [3.8, 4) is 0 Å². The van der Waals surface area contributed by atoms with Gasteiger partial charge in [-0.05, 0) is 50.3 Å². The van der Waals surface area contributed by atoms with Gasteiger partial charge in [0.15, 0.2) is 0 Å². The first-order valence-corrected chi connectivity index (χ1v) is 11.2. The number of hydrogen-bond donors (Lipinski definition) is 1. The molecule has 2 aromatic rings. The monoisotopic (exact) mass is 411 g/mol. The Balaban J connectivity index is 1.47. The number of piperidine rings is 1. The molecule has 3 heterocycles. The number of likely N-dealkylation sites (tertiary alicyclic amines) is 1. The molecule has 160 valence electrons. The number of alkyl halides is 1. The summed E-state index contributed by atoms with van der Waals surface area (Å²) in [5.41, 5.74) is 2.60. The van der Waals surface area contributed by atoms with Gasteiger partial charge in [-0.15, -0.1) is 0 Å². The number of fused-ring (bicyclic) bond motifs is 3. The van der Waals surface area contributed by atoms with Gasteiger partial charge in [-0.25, -0.2) is 4.39 Å². The number of benzene rings is 1. The van der Waals surface area contributed by atoms with Gasteiger partial charge >= 0.3 is 0 Å². The second-order valence-corrected chi connectivity index (χ2v) is 9.50. The molecular weight excluding hydrogens is 381 g/mol. The van der Waals surface area contributed by atoms with Crippen molar-refractivity contribution in [1.29, 1.82) is 0 Å². The molecule has 1 N–H and O–H groups in total. The largest absolute Gasteiger partial charge is 0.391 e. The number of hydrogen-bond acceptors (Lipinski definition) is 4. The molecule has 5 nitrogen and oxygen atoms in total. The molecule has 0 spiro atoms. The average molecular weight is 412 g/mol. The van der Waals surface area contributed by atoms with Crippen LogP contribution in [0.4, 0.5) is 4.39 Å². The molecule has 2 aliphatic heterocycles. The SMILES string of the molecule is CC1(F)CCN(Cc2cc3c(c4ncccc24)CN([C@H]2CCCC[C@@H]2O)C3=O)CC1. The number of nitrogens with zero attached hydrogens (tertiary/aromatic N) is 3. The Labute approximate surface area is 176 Å². The lowest BCUT2D eigenvalue weighted by Crippen LogP contribution is -2.45. The second-order valence-electron chi connectivity index (χ2n) is 9.50. The molecule has 1 aliphatic carbocycles. The Hall–Kier alpha value is -2.05. The van der Waals surface area contributed by atoms with Crippen molar-refractivity contribution >= 4 is 16.8 Å². The average Bonchev–Trinajstić information content (AvgIpc) is 3.07.